The molecule has 0 aliphatic carbocycles. The first-order valence-corrected chi connectivity index (χ1v) is 3.59. The van der Waals surface area contributed by atoms with Crippen molar-refractivity contribution in [3.63, 3.8) is 0 Å². The highest BCUT2D eigenvalue weighted by molar-refractivity contribution is 9.10. The van der Waals surface area contributed by atoms with Gasteiger partial charge in [0.25, 0.3) is 0 Å². The molecule has 0 aromatic carbocycles. The van der Waals surface area contributed by atoms with E-state index in [1.54, 1.807) is 12.1 Å². The number of pyridine rings is 1. The van der Waals surface area contributed by atoms with Crippen molar-refractivity contribution in [2.24, 2.45) is 0 Å². The van der Waals surface area contributed by atoms with Crippen molar-refractivity contribution in [1.82, 2.24) is 4.98 Å². The quantitative estimate of drug-likeness (QED) is 0.755. The molecule has 0 unspecified atom stereocenters. The van der Waals surface area contributed by atoms with Gasteiger partial charge in [-0.15, -0.1) is 0 Å². The third kappa shape index (κ3) is 2.55. The minimum absolute atomic E-state index is 0.312. The number of anilines is 1. The standard InChI is InChI=1S/C6H5BrN2O2/c7-4-1-2-8-5(3-4)9-6(10)11/h1-3H,(H,8,9)(H,10,11). The van der Waals surface area contributed by atoms with Gasteiger partial charge >= 0.3 is 6.09 Å². The molecule has 0 atom stereocenters. The Bertz CT molecular complexity index is 277. The molecular weight excluding hydrogens is 212 g/mol. The second kappa shape index (κ2) is 3.34. The van der Waals surface area contributed by atoms with Gasteiger partial charge in [-0.1, -0.05) is 15.9 Å². The van der Waals surface area contributed by atoms with E-state index in [1.165, 1.54) is 6.20 Å². The predicted octanol–water partition coefficient (Wildman–Crippen LogP) is 1.93. The number of nitrogens with zero attached hydrogens (tertiary/aromatic N) is 1. The van der Waals surface area contributed by atoms with Gasteiger partial charge in [0.1, 0.15) is 5.82 Å². The number of halogens is 1. The summed E-state index contributed by atoms with van der Waals surface area (Å²) in [5.74, 6) is 0.312. The Labute approximate surface area is 71.4 Å². The first-order valence-electron chi connectivity index (χ1n) is 2.80. The molecule has 0 aliphatic heterocycles. The molecule has 58 valence electrons. The predicted molar refractivity (Wildman–Crippen MR) is 43.6 cm³/mol. The van der Waals surface area contributed by atoms with Gasteiger partial charge < -0.3 is 5.11 Å². The van der Waals surface area contributed by atoms with Crippen LogP contribution in [-0.4, -0.2) is 16.2 Å². The summed E-state index contributed by atoms with van der Waals surface area (Å²) in [6, 6.07) is 3.29. The van der Waals surface area contributed by atoms with Crippen LogP contribution in [-0.2, 0) is 0 Å². The zero-order chi connectivity index (χ0) is 8.27. The van der Waals surface area contributed by atoms with Gasteiger partial charge in [0.05, 0.1) is 0 Å². The van der Waals surface area contributed by atoms with E-state index in [0.29, 0.717) is 5.82 Å². The van der Waals surface area contributed by atoms with Crippen LogP contribution in [0.4, 0.5) is 10.6 Å². The minimum Gasteiger partial charge on any atom is -0.465 e. The molecular formula is C6H5BrN2O2. The molecule has 1 amide bonds. The van der Waals surface area contributed by atoms with E-state index in [0.717, 1.165) is 4.47 Å². The molecule has 0 bridgehead atoms. The summed E-state index contributed by atoms with van der Waals surface area (Å²) in [5, 5.41) is 10.4. The fraction of sp³-hybridized carbons (Fsp3) is 0. The highest BCUT2D eigenvalue weighted by Gasteiger charge is 1.97. The normalized spacial score (nSPS) is 9.18. The van der Waals surface area contributed by atoms with Gasteiger partial charge in [0.2, 0.25) is 0 Å². The third-order valence-corrected chi connectivity index (χ3v) is 1.45. The molecule has 5 heteroatoms. The lowest BCUT2D eigenvalue weighted by Gasteiger charge is -1.97. The molecule has 1 aromatic rings. The Morgan fingerprint density at radius 2 is 2.45 bits per heavy atom. The Hall–Kier alpha value is -1.10. The molecule has 0 fully saturated rings. The average molecular weight is 217 g/mol. The SMILES string of the molecule is O=C(O)Nc1cc(Br)ccn1. The van der Waals surface area contributed by atoms with Crippen molar-refractivity contribution in [3.05, 3.63) is 22.8 Å². The molecule has 0 saturated carbocycles. The summed E-state index contributed by atoms with van der Waals surface area (Å²) in [6.45, 7) is 0. The van der Waals surface area contributed by atoms with Crippen LogP contribution in [0.5, 0.6) is 0 Å². The van der Waals surface area contributed by atoms with E-state index in [-0.39, 0.29) is 0 Å². The Kier molecular flexibility index (Phi) is 2.43. The molecule has 1 rings (SSSR count). The lowest BCUT2D eigenvalue weighted by Crippen LogP contribution is -2.08. The van der Waals surface area contributed by atoms with Crippen LogP contribution in [0.3, 0.4) is 0 Å². The lowest BCUT2D eigenvalue weighted by molar-refractivity contribution is 0.209. The summed E-state index contributed by atoms with van der Waals surface area (Å²) in [7, 11) is 0. The smallest absolute Gasteiger partial charge is 0.410 e. The Morgan fingerprint density at radius 3 is 3.00 bits per heavy atom. The largest absolute Gasteiger partial charge is 0.465 e. The highest BCUT2D eigenvalue weighted by Crippen LogP contribution is 2.12. The van der Waals surface area contributed by atoms with Gasteiger partial charge in [0, 0.05) is 10.7 Å². The van der Waals surface area contributed by atoms with Crippen LogP contribution in [0.25, 0.3) is 0 Å². The fourth-order valence-electron chi connectivity index (χ4n) is 0.583. The fourth-order valence-corrected chi connectivity index (χ4v) is 0.918. The maximum atomic E-state index is 10.1. The highest BCUT2D eigenvalue weighted by atomic mass is 79.9. The zero-order valence-electron chi connectivity index (χ0n) is 5.41. The maximum Gasteiger partial charge on any atom is 0.410 e. The van der Waals surface area contributed by atoms with E-state index in [2.05, 4.69) is 26.2 Å². The minimum atomic E-state index is -1.12. The number of rotatable bonds is 1. The molecule has 0 saturated heterocycles. The van der Waals surface area contributed by atoms with Gasteiger partial charge in [-0.05, 0) is 12.1 Å². The van der Waals surface area contributed by atoms with Crippen LogP contribution in [0, 0.1) is 0 Å². The average Bonchev–Trinajstić information content (AvgIpc) is 1.85. The van der Waals surface area contributed by atoms with Crippen LogP contribution in [0.15, 0.2) is 22.8 Å². The summed E-state index contributed by atoms with van der Waals surface area (Å²) in [5.41, 5.74) is 0. The number of nitrogens with one attached hydrogen (secondary N) is 1. The van der Waals surface area contributed by atoms with Crippen LogP contribution in [0.1, 0.15) is 0 Å². The number of hydrogen-bond acceptors (Lipinski definition) is 2. The van der Waals surface area contributed by atoms with Crippen molar-refractivity contribution < 1.29 is 9.90 Å². The number of hydrogen-bond donors (Lipinski definition) is 2. The van der Waals surface area contributed by atoms with Crippen LogP contribution >= 0.6 is 15.9 Å². The Balaban J connectivity index is 2.79. The van der Waals surface area contributed by atoms with E-state index < -0.39 is 6.09 Å². The second-order valence-corrected chi connectivity index (χ2v) is 2.71. The van der Waals surface area contributed by atoms with Crippen molar-refractivity contribution in [2.45, 2.75) is 0 Å². The van der Waals surface area contributed by atoms with Crippen LogP contribution < -0.4 is 5.32 Å². The van der Waals surface area contributed by atoms with Gasteiger partial charge in [-0.25, -0.2) is 9.78 Å². The molecule has 1 heterocycles. The van der Waals surface area contributed by atoms with Crippen molar-refractivity contribution in [1.29, 1.82) is 0 Å². The van der Waals surface area contributed by atoms with Crippen molar-refractivity contribution >= 4 is 27.8 Å². The summed E-state index contributed by atoms with van der Waals surface area (Å²) < 4.78 is 0.788. The van der Waals surface area contributed by atoms with E-state index in [1.807, 2.05) is 0 Å². The maximum absolute atomic E-state index is 10.1. The van der Waals surface area contributed by atoms with E-state index in [9.17, 15) is 4.79 Å². The number of carboxylic acid groups (broad SMARTS) is 1. The molecule has 0 spiro atoms. The first kappa shape index (κ1) is 8.00. The second-order valence-electron chi connectivity index (χ2n) is 1.79. The summed E-state index contributed by atoms with van der Waals surface area (Å²) in [4.78, 5) is 13.9. The summed E-state index contributed by atoms with van der Waals surface area (Å²) >= 11 is 3.18. The zero-order valence-corrected chi connectivity index (χ0v) is 7.00. The van der Waals surface area contributed by atoms with Gasteiger partial charge in [0.15, 0.2) is 0 Å². The lowest BCUT2D eigenvalue weighted by atomic mass is 10.5. The first-order chi connectivity index (χ1) is 5.18. The molecule has 2 N–H and O–H groups in total. The van der Waals surface area contributed by atoms with E-state index >= 15 is 0 Å². The van der Waals surface area contributed by atoms with E-state index in [4.69, 9.17) is 5.11 Å². The topological polar surface area (TPSA) is 62.2 Å². The summed E-state index contributed by atoms with van der Waals surface area (Å²) in [6.07, 6.45) is 0.394. The van der Waals surface area contributed by atoms with Gasteiger partial charge in [-0.3, -0.25) is 5.32 Å². The number of carbonyl (C=O) groups is 1. The third-order valence-electron chi connectivity index (χ3n) is 0.957. The molecule has 11 heavy (non-hydrogen) atoms. The molecule has 0 aliphatic rings. The molecule has 4 nitrogen and oxygen atoms in total. The molecule has 1 aromatic heterocycles. The van der Waals surface area contributed by atoms with Crippen molar-refractivity contribution in [2.75, 3.05) is 5.32 Å². The van der Waals surface area contributed by atoms with Crippen LogP contribution in [0.2, 0.25) is 0 Å². The van der Waals surface area contributed by atoms with Crippen molar-refractivity contribution in [3.8, 4) is 0 Å². The molecule has 0 radical (unpaired) electrons. The Morgan fingerprint density at radius 1 is 1.73 bits per heavy atom. The monoisotopic (exact) mass is 216 g/mol. The number of aromatic nitrogens is 1. The van der Waals surface area contributed by atoms with Gasteiger partial charge in [-0.2, -0.15) is 0 Å². The number of amides is 1.